The minimum atomic E-state index is -4.45. The van der Waals surface area contributed by atoms with Crippen molar-refractivity contribution in [2.75, 3.05) is 6.54 Å². The van der Waals surface area contributed by atoms with Crippen LogP contribution in [0.25, 0.3) is 10.9 Å². The predicted octanol–water partition coefficient (Wildman–Crippen LogP) is 2.07. The summed E-state index contributed by atoms with van der Waals surface area (Å²) >= 11 is 0. The number of carbonyl (C=O) groups is 2. The Morgan fingerprint density at radius 1 is 1.19 bits per heavy atom. The second kappa shape index (κ2) is 5.39. The first kappa shape index (κ1) is 14.8. The lowest BCUT2D eigenvalue weighted by molar-refractivity contribution is -0.137. The molecule has 1 aromatic heterocycles. The second-order valence-electron chi connectivity index (χ2n) is 4.18. The van der Waals surface area contributed by atoms with Crippen LogP contribution in [-0.2, 0) is 11.0 Å². The number of aliphatic carboxylic acids is 1. The average molecular weight is 298 g/mol. The Morgan fingerprint density at radius 2 is 1.90 bits per heavy atom. The highest BCUT2D eigenvalue weighted by Crippen LogP contribution is 2.31. The van der Waals surface area contributed by atoms with E-state index in [-0.39, 0.29) is 16.6 Å². The molecule has 21 heavy (non-hydrogen) atoms. The van der Waals surface area contributed by atoms with Crippen LogP contribution in [0.2, 0.25) is 0 Å². The Morgan fingerprint density at radius 3 is 2.52 bits per heavy atom. The van der Waals surface area contributed by atoms with Crippen LogP contribution in [0.1, 0.15) is 16.1 Å². The standard InChI is InChI=1S/C13H9F3N2O3/c14-13(15,16)8-2-4-9-7(5-8)1-3-10(18-9)12(21)17-6-11(19)20/h1-5H,6H2,(H,17,21)(H,19,20). The summed E-state index contributed by atoms with van der Waals surface area (Å²) in [4.78, 5) is 25.8. The Balaban J connectivity index is 2.31. The van der Waals surface area contributed by atoms with Gasteiger partial charge in [-0.05, 0) is 24.3 Å². The van der Waals surface area contributed by atoms with E-state index < -0.39 is 30.2 Å². The van der Waals surface area contributed by atoms with E-state index in [0.29, 0.717) is 0 Å². The van der Waals surface area contributed by atoms with Crippen molar-refractivity contribution in [2.45, 2.75) is 6.18 Å². The van der Waals surface area contributed by atoms with Gasteiger partial charge in [0.15, 0.2) is 0 Å². The summed E-state index contributed by atoms with van der Waals surface area (Å²) < 4.78 is 37.7. The van der Waals surface area contributed by atoms with Gasteiger partial charge < -0.3 is 10.4 Å². The quantitative estimate of drug-likeness (QED) is 0.909. The highest BCUT2D eigenvalue weighted by atomic mass is 19.4. The van der Waals surface area contributed by atoms with Crippen molar-refractivity contribution in [3.63, 3.8) is 0 Å². The van der Waals surface area contributed by atoms with Crippen molar-refractivity contribution in [1.82, 2.24) is 10.3 Å². The molecule has 1 amide bonds. The van der Waals surface area contributed by atoms with Crippen molar-refractivity contribution in [1.29, 1.82) is 0 Å². The molecule has 0 unspecified atom stereocenters. The number of nitrogens with zero attached hydrogens (tertiary/aromatic N) is 1. The van der Waals surface area contributed by atoms with E-state index >= 15 is 0 Å². The van der Waals surface area contributed by atoms with Gasteiger partial charge in [-0.1, -0.05) is 6.07 Å². The van der Waals surface area contributed by atoms with Gasteiger partial charge in [-0.15, -0.1) is 0 Å². The third-order valence-electron chi connectivity index (χ3n) is 2.65. The first-order chi connectivity index (χ1) is 9.77. The molecule has 1 aromatic carbocycles. The lowest BCUT2D eigenvalue weighted by atomic mass is 10.1. The molecule has 0 radical (unpaired) electrons. The fraction of sp³-hybridized carbons (Fsp3) is 0.154. The zero-order chi connectivity index (χ0) is 15.6. The lowest BCUT2D eigenvalue weighted by Gasteiger charge is -2.08. The molecular weight excluding hydrogens is 289 g/mol. The van der Waals surface area contributed by atoms with E-state index in [1.807, 2.05) is 0 Å². The molecule has 2 aromatic rings. The topological polar surface area (TPSA) is 79.3 Å². The van der Waals surface area contributed by atoms with E-state index in [0.717, 1.165) is 18.2 Å². The zero-order valence-corrected chi connectivity index (χ0v) is 10.4. The molecule has 0 aliphatic carbocycles. The SMILES string of the molecule is O=C(O)CNC(=O)c1ccc2cc(C(F)(F)F)ccc2n1. The summed E-state index contributed by atoms with van der Waals surface area (Å²) in [7, 11) is 0. The van der Waals surface area contributed by atoms with Crippen LogP contribution in [-0.4, -0.2) is 28.5 Å². The molecule has 2 N–H and O–H groups in total. The van der Waals surface area contributed by atoms with Gasteiger partial charge in [-0.3, -0.25) is 9.59 Å². The number of amides is 1. The molecule has 8 heteroatoms. The molecule has 0 aliphatic heterocycles. The molecule has 0 saturated carbocycles. The maximum atomic E-state index is 12.6. The van der Waals surface area contributed by atoms with E-state index in [2.05, 4.69) is 10.3 Å². The highest BCUT2D eigenvalue weighted by molar-refractivity contribution is 5.96. The monoisotopic (exact) mass is 298 g/mol. The molecule has 0 atom stereocenters. The Bertz CT molecular complexity index is 713. The Labute approximate surface area is 116 Å². The van der Waals surface area contributed by atoms with Crippen LogP contribution < -0.4 is 5.32 Å². The molecule has 2 rings (SSSR count). The summed E-state index contributed by atoms with van der Waals surface area (Å²) in [5.41, 5.74) is -0.658. The van der Waals surface area contributed by atoms with Crippen molar-refractivity contribution in [3.05, 3.63) is 41.6 Å². The van der Waals surface area contributed by atoms with Crippen LogP contribution in [0.15, 0.2) is 30.3 Å². The first-order valence-corrected chi connectivity index (χ1v) is 5.75. The second-order valence-corrected chi connectivity index (χ2v) is 4.18. The Hall–Kier alpha value is -2.64. The number of nitrogens with one attached hydrogen (secondary N) is 1. The third-order valence-corrected chi connectivity index (χ3v) is 2.65. The summed E-state index contributed by atoms with van der Waals surface area (Å²) in [5.74, 6) is -1.92. The van der Waals surface area contributed by atoms with Crippen LogP contribution in [0.4, 0.5) is 13.2 Å². The number of pyridine rings is 1. The van der Waals surface area contributed by atoms with Crippen molar-refractivity contribution in [3.8, 4) is 0 Å². The molecule has 0 saturated heterocycles. The summed E-state index contributed by atoms with van der Waals surface area (Å²) in [6, 6.07) is 5.52. The zero-order valence-electron chi connectivity index (χ0n) is 10.4. The van der Waals surface area contributed by atoms with Gasteiger partial charge in [0.05, 0.1) is 11.1 Å². The molecule has 0 fully saturated rings. The number of halogens is 3. The Kier molecular flexibility index (Phi) is 3.79. The maximum absolute atomic E-state index is 12.6. The number of benzene rings is 1. The van der Waals surface area contributed by atoms with Crippen LogP contribution in [0.3, 0.4) is 0 Å². The minimum absolute atomic E-state index is 0.0662. The number of hydrogen-bond donors (Lipinski definition) is 2. The number of rotatable bonds is 3. The van der Waals surface area contributed by atoms with Crippen LogP contribution >= 0.6 is 0 Å². The summed E-state index contributed by atoms with van der Waals surface area (Å²) in [5, 5.41) is 10.8. The third kappa shape index (κ3) is 3.47. The number of carbonyl (C=O) groups excluding carboxylic acids is 1. The number of fused-ring (bicyclic) bond motifs is 1. The molecular formula is C13H9F3N2O3. The molecule has 1 heterocycles. The van der Waals surface area contributed by atoms with Gasteiger partial charge in [0.2, 0.25) is 0 Å². The maximum Gasteiger partial charge on any atom is 0.416 e. The van der Waals surface area contributed by atoms with Gasteiger partial charge in [0.25, 0.3) is 5.91 Å². The normalized spacial score (nSPS) is 11.4. The first-order valence-electron chi connectivity index (χ1n) is 5.75. The predicted molar refractivity (Wildman–Crippen MR) is 66.7 cm³/mol. The average Bonchev–Trinajstić information content (AvgIpc) is 2.42. The molecule has 5 nitrogen and oxygen atoms in total. The molecule has 0 aliphatic rings. The lowest BCUT2D eigenvalue weighted by Crippen LogP contribution is -2.29. The fourth-order valence-corrected chi connectivity index (χ4v) is 1.67. The largest absolute Gasteiger partial charge is 0.480 e. The number of aromatic nitrogens is 1. The highest BCUT2D eigenvalue weighted by Gasteiger charge is 2.30. The number of hydrogen-bond acceptors (Lipinski definition) is 3. The van der Waals surface area contributed by atoms with Gasteiger partial charge in [0.1, 0.15) is 12.2 Å². The summed E-state index contributed by atoms with van der Waals surface area (Å²) in [6.07, 6.45) is -4.45. The van der Waals surface area contributed by atoms with Gasteiger partial charge in [0, 0.05) is 5.39 Å². The van der Waals surface area contributed by atoms with E-state index in [1.54, 1.807) is 0 Å². The number of carboxylic acid groups (broad SMARTS) is 1. The van der Waals surface area contributed by atoms with Crippen molar-refractivity contribution in [2.24, 2.45) is 0 Å². The van der Waals surface area contributed by atoms with E-state index in [1.165, 1.54) is 12.1 Å². The minimum Gasteiger partial charge on any atom is -0.480 e. The summed E-state index contributed by atoms with van der Waals surface area (Å²) in [6.45, 7) is -0.564. The number of alkyl halides is 3. The molecule has 110 valence electrons. The molecule has 0 bridgehead atoms. The van der Waals surface area contributed by atoms with Crippen LogP contribution in [0, 0.1) is 0 Å². The van der Waals surface area contributed by atoms with E-state index in [4.69, 9.17) is 5.11 Å². The smallest absolute Gasteiger partial charge is 0.416 e. The number of carboxylic acids is 1. The fourth-order valence-electron chi connectivity index (χ4n) is 1.67. The van der Waals surface area contributed by atoms with E-state index in [9.17, 15) is 22.8 Å². The van der Waals surface area contributed by atoms with Crippen LogP contribution in [0.5, 0.6) is 0 Å². The van der Waals surface area contributed by atoms with Gasteiger partial charge >= 0.3 is 12.1 Å². The van der Waals surface area contributed by atoms with Gasteiger partial charge in [-0.25, -0.2) is 4.98 Å². The van der Waals surface area contributed by atoms with Crippen molar-refractivity contribution < 1.29 is 27.9 Å². The van der Waals surface area contributed by atoms with Crippen molar-refractivity contribution >= 4 is 22.8 Å². The molecule has 0 spiro atoms. The van der Waals surface area contributed by atoms with Gasteiger partial charge in [-0.2, -0.15) is 13.2 Å².